The lowest BCUT2D eigenvalue weighted by molar-refractivity contribution is -0.357. The van der Waals surface area contributed by atoms with Crippen LogP contribution in [-0.4, -0.2) is 30.0 Å². The second-order valence-corrected chi connectivity index (χ2v) is 3.16. The third-order valence-corrected chi connectivity index (χ3v) is 2.10. The van der Waals surface area contributed by atoms with Crippen molar-refractivity contribution in [2.75, 3.05) is 0 Å². The Morgan fingerprint density at radius 2 is 1.86 bits per heavy atom. The van der Waals surface area contributed by atoms with E-state index in [1.165, 1.54) is 0 Å². The van der Waals surface area contributed by atoms with Crippen LogP contribution in [0.15, 0.2) is 0 Å². The summed E-state index contributed by atoms with van der Waals surface area (Å²) in [5.74, 6) is 0. The van der Waals surface area contributed by atoms with Crippen LogP contribution in [0.4, 0.5) is 17.6 Å². The Morgan fingerprint density at radius 1 is 1.21 bits per heavy atom. The molecule has 0 amide bonds. The topological polar surface area (TPSA) is 38.7 Å². The summed E-state index contributed by atoms with van der Waals surface area (Å²) in [5, 5.41) is 8.20. The van der Waals surface area contributed by atoms with Gasteiger partial charge in [-0.3, -0.25) is 9.99 Å². The number of hydrogen-bond donors (Lipinski definition) is 1. The summed E-state index contributed by atoms with van der Waals surface area (Å²) in [5.41, 5.74) is 0. The maximum Gasteiger partial charge on any atom is 0.522 e. The SMILES string of the molecule is OOC1CCC(OC(F)(F)F)C(F)C1. The molecule has 0 aromatic heterocycles. The summed E-state index contributed by atoms with van der Waals surface area (Å²) in [4.78, 5) is 3.86. The van der Waals surface area contributed by atoms with Gasteiger partial charge in [0.25, 0.3) is 0 Å². The van der Waals surface area contributed by atoms with Crippen LogP contribution < -0.4 is 0 Å². The van der Waals surface area contributed by atoms with E-state index in [-0.39, 0.29) is 19.3 Å². The minimum absolute atomic E-state index is 0.119. The average Bonchev–Trinajstić information content (AvgIpc) is 2.06. The molecule has 1 aliphatic carbocycles. The highest BCUT2D eigenvalue weighted by molar-refractivity contribution is 4.81. The lowest BCUT2D eigenvalue weighted by Gasteiger charge is -2.30. The van der Waals surface area contributed by atoms with Crippen molar-refractivity contribution in [1.29, 1.82) is 0 Å². The number of ether oxygens (including phenoxy) is 1. The van der Waals surface area contributed by atoms with Gasteiger partial charge in [0.1, 0.15) is 6.17 Å². The van der Waals surface area contributed by atoms with Crippen molar-refractivity contribution in [3.8, 4) is 0 Å². The highest BCUT2D eigenvalue weighted by atomic mass is 19.4. The van der Waals surface area contributed by atoms with Crippen LogP contribution in [0.3, 0.4) is 0 Å². The Bertz CT molecular complexity index is 184. The Hall–Kier alpha value is -0.400. The van der Waals surface area contributed by atoms with Gasteiger partial charge < -0.3 is 0 Å². The molecule has 3 atom stereocenters. The van der Waals surface area contributed by atoms with Crippen molar-refractivity contribution in [1.82, 2.24) is 0 Å². The highest BCUT2D eigenvalue weighted by Crippen LogP contribution is 2.30. The largest absolute Gasteiger partial charge is 0.522 e. The predicted molar refractivity (Wildman–Crippen MR) is 37.2 cm³/mol. The van der Waals surface area contributed by atoms with Crippen LogP contribution in [0.1, 0.15) is 19.3 Å². The van der Waals surface area contributed by atoms with Crippen LogP contribution in [-0.2, 0) is 9.62 Å². The standard InChI is InChI=1S/C7H10F4O3/c8-5-3-4(14-12)1-2-6(5)13-7(9,10)11/h4-6,12H,1-3H2. The Balaban J connectivity index is 2.42. The number of alkyl halides is 4. The zero-order valence-corrected chi connectivity index (χ0v) is 7.13. The molecule has 3 nitrogen and oxygen atoms in total. The Morgan fingerprint density at radius 3 is 2.29 bits per heavy atom. The summed E-state index contributed by atoms with van der Waals surface area (Å²) in [6.45, 7) is 0. The fraction of sp³-hybridized carbons (Fsp3) is 1.00. The molecule has 0 saturated heterocycles. The first kappa shape index (κ1) is 11.7. The van der Waals surface area contributed by atoms with Crippen LogP contribution in [0, 0.1) is 0 Å². The molecular formula is C7H10F4O3. The first-order valence-electron chi connectivity index (χ1n) is 4.11. The zero-order chi connectivity index (χ0) is 10.8. The van der Waals surface area contributed by atoms with E-state index in [0.717, 1.165) is 0 Å². The normalized spacial score (nSPS) is 34.5. The molecule has 1 rings (SSSR count). The van der Waals surface area contributed by atoms with Gasteiger partial charge in [0.2, 0.25) is 0 Å². The summed E-state index contributed by atoms with van der Waals surface area (Å²) in [7, 11) is 0. The van der Waals surface area contributed by atoms with E-state index in [4.69, 9.17) is 5.26 Å². The van der Waals surface area contributed by atoms with Gasteiger partial charge in [-0.25, -0.2) is 9.28 Å². The van der Waals surface area contributed by atoms with Crippen LogP contribution in [0.2, 0.25) is 0 Å². The molecule has 0 bridgehead atoms. The molecule has 7 heteroatoms. The summed E-state index contributed by atoms with van der Waals surface area (Å²) < 4.78 is 51.7. The maximum atomic E-state index is 13.0. The molecule has 0 radical (unpaired) electrons. The molecule has 0 aromatic carbocycles. The lowest BCUT2D eigenvalue weighted by atomic mass is 9.93. The smallest absolute Gasteiger partial charge is 0.286 e. The summed E-state index contributed by atoms with van der Waals surface area (Å²) in [6.07, 6.45) is -9.05. The van der Waals surface area contributed by atoms with E-state index in [2.05, 4.69) is 9.62 Å². The van der Waals surface area contributed by atoms with E-state index in [0.29, 0.717) is 0 Å². The first-order chi connectivity index (χ1) is 6.42. The molecule has 1 fully saturated rings. The second-order valence-electron chi connectivity index (χ2n) is 3.16. The van der Waals surface area contributed by atoms with E-state index in [1.54, 1.807) is 0 Å². The van der Waals surface area contributed by atoms with Gasteiger partial charge in [0, 0.05) is 6.42 Å². The van der Waals surface area contributed by atoms with Crippen LogP contribution >= 0.6 is 0 Å². The quantitative estimate of drug-likeness (QED) is 0.439. The molecule has 14 heavy (non-hydrogen) atoms. The van der Waals surface area contributed by atoms with E-state index < -0.39 is 24.7 Å². The number of halogens is 4. The molecule has 0 aliphatic heterocycles. The van der Waals surface area contributed by atoms with Crippen molar-refractivity contribution >= 4 is 0 Å². The van der Waals surface area contributed by atoms with Gasteiger partial charge in [0.15, 0.2) is 0 Å². The van der Waals surface area contributed by atoms with E-state index in [1.807, 2.05) is 0 Å². The van der Waals surface area contributed by atoms with Crippen LogP contribution in [0.5, 0.6) is 0 Å². The summed E-state index contributed by atoms with van der Waals surface area (Å²) in [6, 6.07) is 0. The van der Waals surface area contributed by atoms with Gasteiger partial charge in [-0.2, -0.15) is 0 Å². The highest BCUT2D eigenvalue weighted by Gasteiger charge is 2.40. The Labute approximate surface area is 77.5 Å². The molecule has 1 saturated carbocycles. The molecule has 0 spiro atoms. The minimum atomic E-state index is -4.82. The average molecular weight is 218 g/mol. The lowest BCUT2D eigenvalue weighted by Crippen LogP contribution is -2.39. The fourth-order valence-electron chi connectivity index (χ4n) is 1.45. The molecule has 1 N–H and O–H groups in total. The zero-order valence-electron chi connectivity index (χ0n) is 7.13. The molecule has 84 valence electrons. The molecule has 1 aliphatic rings. The van der Waals surface area contributed by atoms with Crippen molar-refractivity contribution in [3.05, 3.63) is 0 Å². The van der Waals surface area contributed by atoms with Crippen molar-refractivity contribution < 1.29 is 32.4 Å². The number of rotatable bonds is 2. The summed E-state index contributed by atoms with van der Waals surface area (Å²) >= 11 is 0. The minimum Gasteiger partial charge on any atom is -0.286 e. The van der Waals surface area contributed by atoms with Crippen molar-refractivity contribution in [2.24, 2.45) is 0 Å². The van der Waals surface area contributed by atoms with E-state index >= 15 is 0 Å². The van der Waals surface area contributed by atoms with Gasteiger partial charge >= 0.3 is 6.36 Å². The fourth-order valence-corrected chi connectivity index (χ4v) is 1.45. The molecule has 3 unspecified atom stereocenters. The predicted octanol–water partition coefficient (Wildman–Crippen LogP) is 2.27. The molecule has 0 aromatic rings. The second kappa shape index (κ2) is 4.41. The van der Waals surface area contributed by atoms with Gasteiger partial charge in [-0.1, -0.05) is 0 Å². The van der Waals surface area contributed by atoms with Gasteiger partial charge in [0.05, 0.1) is 12.2 Å². The molecule has 0 heterocycles. The van der Waals surface area contributed by atoms with E-state index in [9.17, 15) is 17.6 Å². The monoisotopic (exact) mass is 218 g/mol. The third kappa shape index (κ3) is 3.39. The maximum absolute atomic E-state index is 13.0. The number of hydrogen-bond acceptors (Lipinski definition) is 3. The molecular weight excluding hydrogens is 208 g/mol. The van der Waals surface area contributed by atoms with Crippen LogP contribution in [0.25, 0.3) is 0 Å². The van der Waals surface area contributed by atoms with Crippen molar-refractivity contribution in [3.63, 3.8) is 0 Å². The Kier molecular flexibility index (Phi) is 3.68. The van der Waals surface area contributed by atoms with Gasteiger partial charge in [-0.15, -0.1) is 13.2 Å². The van der Waals surface area contributed by atoms with Crippen molar-refractivity contribution in [2.45, 2.75) is 44.0 Å². The third-order valence-electron chi connectivity index (χ3n) is 2.10. The first-order valence-corrected chi connectivity index (χ1v) is 4.11. The van der Waals surface area contributed by atoms with Gasteiger partial charge in [-0.05, 0) is 12.8 Å².